The summed E-state index contributed by atoms with van der Waals surface area (Å²) in [5.41, 5.74) is 4.01. The number of hydrogen-bond donors (Lipinski definition) is 1. The first kappa shape index (κ1) is 19.7. The van der Waals surface area contributed by atoms with E-state index in [0.29, 0.717) is 30.2 Å². The Labute approximate surface area is 175 Å². The number of unbranched alkanes of at least 4 members (excludes halogenated alkanes) is 1. The van der Waals surface area contributed by atoms with E-state index in [1.54, 1.807) is 12.1 Å². The van der Waals surface area contributed by atoms with Crippen molar-refractivity contribution in [2.45, 2.75) is 26.2 Å². The summed E-state index contributed by atoms with van der Waals surface area (Å²) < 4.78 is 11.5. The number of rotatable bonds is 8. The van der Waals surface area contributed by atoms with E-state index in [-0.39, 0.29) is 5.91 Å². The molecule has 0 unspecified atom stereocenters. The van der Waals surface area contributed by atoms with Crippen LogP contribution >= 0.6 is 0 Å². The molecule has 0 saturated heterocycles. The molecule has 0 aliphatic heterocycles. The molecule has 0 aliphatic carbocycles. The van der Waals surface area contributed by atoms with Gasteiger partial charge in [-0.2, -0.15) is 0 Å². The zero-order valence-corrected chi connectivity index (χ0v) is 16.9. The second-order valence-electron chi connectivity index (χ2n) is 7.13. The Balaban J connectivity index is 1.38. The quantitative estimate of drug-likeness (QED) is 0.377. The van der Waals surface area contributed by atoms with Gasteiger partial charge in [-0.05, 0) is 54.4 Å². The maximum atomic E-state index is 12.6. The third-order valence-electron chi connectivity index (χ3n) is 4.77. The molecule has 1 aromatic heterocycles. The average molecular weight is 400 g/mol. The van der Waals surface area contributed by atoms with Crippen LogP contribution in [0.2, 0.25) is 0 Å². The Hall–Kier alpha value is -3.60. The fraction of sp³-hybridized carbons (Fsp3) is 0.200. The molecule has 0 spiro atoms. The summed E-state index contributed by atoms with van der Waals surface area (Å²) in [5, 5.41) is 2.93. The van der Waals surface area contributed by atoms with Gasteiger partial charge in [0.15, 0.2) is 11.5 Å². The standard InChI is InChI=1S/C25H24N2O3/c1-2-3-15-29-21-8-6-7-19(17-21)25(28)26-20-13-11-18(12-14-20)16-24-27-22-9-4-5-10-23(22)30-24/h4-14,17H,2-3,15-16H2,1H3,(H,26,28). The van der Waals surface area contributed by atoms with E-state index in [0.717, 1.165) is 35.2 Å². The first-order valence-corrected chi connectivity index (χ1v) is 10.2. The topological polar surface area (TPSA) is 64.4 Å². The highest BCUT2D eigenvalue weighted by Crippen LogP contribution is 2.19. The van der Waals surface area contributed by atoms with Crippen molar-refractivity contribution in [3.8, 4) is 5.75 Å². The number of aromatic nitrogens is 1. The predicted octanol–water partition coefficient (Wildman–Crippen LogP) is 5.85. The molecule has 0 atom stereocenters. The van der Waals surface area contributed by atoms with Crippen molar-refractivity contribution in [2.75, 3.05) is 11.9 Å². The van der Waals surface area contributed by atoms with Gasteiger partial charge in [0.1, 0.15) is 11.3 Å². The largest absolute Gasteiger partial charge is 0.494 e. The van der Waals surface area contributed by atoms with Crippen LogP contribution in [0.15, 0.2) is 77.2 Å². The molecule has 30 heavy (non-hydrogen) atoms. The van der Waals surface area contributed by atoms with E-state index in [1.807, 2.05) is 60.7 Å². The number of para-hydroxylation sites is 2. The van der Waals surface area contributed by atoms with Gasteiger partial charge in [-0.15, -0.1) is 0 Å². The Kier molecular flexibility index (Phi) is 6.09. The molecule has 1 N–H and O–H groups in total. The van der Waals surface area contributed by atoms with Crippen molar-refractivity contribution in [1.82, 2.24) is 4.98 Å². The van der Waals surface area contributed by atoms with Gasteiger partial charge in [0, 0.05) is 17.7 Å². The lowest BCUT2D eigenvalue weighted by Gasteiger charge is -2.09. The number of benzene rings is 3. The molecule has 0 saturated carbocycles. The van der Waals surface area contributed by atoms with Gasteiger partial charge in [0.05, 0.1) is 6.61 Å². The molecule has 5 heteroatoms. The Morgan fingerprint density at radius 1 is 1.03 bits per heavy atom. The monoisotopic (exact) mass is 400 g/mol. The van der Waals surface area contributed by atoms with Crippen LogP contribution in [0.4, 0.5) is 5.69 Å². The third kappa shape index (κ3) is 4.87. The summed E-state index contributed by atoms with van der Waals surface area (Å²) in [7, 11) is 0. The molecule has 1 amide bonds. The Morgan fingerprint density at radius 2 is 1.87 bits per heavy atom. The van der Waals surface area contributed by atoms with Gasteiger partial charge in [-0.3, -0.25) is 4.79 Å². The van der Waals surface area contributed by atoms with E-state index in [4.69, 9.17) is 9.15 Å². The molecule has 0 aliphatic rings. The van der Waals surface area contributed by atoms with Crippen molar-refractivity contribution < 1.29 is 13.9 Å². The summed E-state index contributed by atoms with van der Waals surface area (Å²) in [6.07, 6.45) is 2.66. The second kappa shape index (κ2) is 9.27. The molecule has 3 aromatic carbocycles. The average Bonchev–Trinajstić information content (AvgIpc) is 3.18. The van der Waals surface area contributed by atoms with Crippen LogP contribution in [0.5, 0.6) is 5.75 Å². The van der Waals surface area contributed by atoms with Crippen molar-refractivity contribution in [3.63, 3.8) is 0 Å². The highest BCUT2D eigenvalue weighted by molar-refractivity contribution is 6.04. The first-order chi connectivity index (χ1) is 14.7. The normalized spacial score (nSPS) is 10.8. The van der Waals surface area contributed by atoms with Crippen LogP contribution in [-0.2, 0) is 6.42 Å². The van der Waals surface area contributed by atoms with Gasteiger partial charge < -0.3 is 14.5 Å². The number of ether oxygens (including phenoxy) is 1. The summed E-state index contributed by atoms with van der Waals surface area (Å²) in [4.78, 5) is 17.1. The molecule has 152 valence electrons. The lowest BCUT2D eigenvalue weighted by molar-refractivity contribution is 0.102. The number of oxazole rings is 1. The summed E-state index contributed by atoms with van der Waals surface area (Å²) in [5.74, 6) is 1.22. The van der Waals surface area contributed by atoms with E-state index in [1.165, 1.54) is 0 Å². The molecule has 4 rings (SSSR count). The lowest BCUT2D eigenvalue weighted by Crippen LogP contribution is -2.12. The first-order valence-electron chi connectivity index (χ1n) is 10.2. The fourth-order valence-electron chi connectivity index (χ4n) is 3.14. The van der Waals surface area contributed by atoms with Crippen LogP contribution in [-0.4, -0.2) is 17.5 Å². The van der Waals surface area contributed by atoms with E-state index >= 15 is 0 Å². The number of carbonyl (C=O) groups excluding carboxylic acids is 1. The van der Waals surface area contributed by atoms with Gasteiger partial charge in [-0.1, -0.05) is 43.7 Å². The van der Waals surface area contributed by atoms with Crippen LogP contribution in [0.3, 0.4) is 0 Å². The second-order valence-corrected chi connectivity index (χ2v) is 7.13. The van der Waals surface area contributed by atoms with E-state index < -0.39 is 0 Å². The number of carbonyl (C=O) groups is 1. The van der Waals surface area contributed by atoms with E-state index in [2.05, 4.69) is 17.2 Å². The summed E-state index contributed by atoms with van der Waals surface area (Å²) in [6, 6.07) is 22.7. The van der Waals surface area contributed by atoms with Crippen molar-refractivity contribution in [2.24, 2.45) is 0 Å². The number of hydrogen-bond acceptors (Lipinski definition) is 4. The zero-order valence-electron chi connectivity index (χ0n) is 16.9. The van der Waals surface area contributed by atoms with Gasteiger partial charge in [0.2, 0.25) is 0 Å². The maximum Gasteiger partial charge on any atom is 0.255 e. The van der Waals surface area contributed by atoms with E-state index in [9.17, 15) is 4.79 Å². The summed E-state index contributed by atoms with van der Waals surface area (Å²) >= 11 is 0. The predicted molar refractivity (Wildman–Crippen MR) is 118 cm³/mol. The maximum absolute atomic E-state index is 12.6. The minimum Gasteiger partial charge on any atom is -0.494 e. The molecule has 4 aromatic rings. The fourth-order valence-corrected chi connectivity index (χ4v) is 3.14. The van der Waals surface area contributed by atoms with Crippen molar-refractivity contribution in [3.05, 3.63) is 89.8 Å². The minimum atomic E-state index is -0.164. The third-order valence-corrected chi connectivity index (χ3v) is 4.77. The number of amides is 1. The molecular weight excluding hydrogens is 376 g/mol. The molecule has 1 heterocycles. The zero-order chi connectivity index (χ0) is 20.8. The number of nitrogens with one attached hydrogen (secondary N) is 1. The SMILES string of the molecule is CCCCOc1cccc(C(=O)Nc2ccc(Cc3nc4ccccc4o3)cc2)c1. The summed E-state index contributed by atoms with van der Waals surface area (Å²) in [6.45, 7) is 2.77. The smallest absolute Gasteiger partial charge is 0.255 e. The van der Waals surface area contributed by atoms with Crippen molar-refractivity contribution in [1.29, 1.82) is 0 Å². The molecule has 0 bridgehead atoms. The molecule has 0 radical (unpaired) electrons. The van der Waals surface area contributed by atoms with Gasteiger partial charge in [0.25, 0.3) is 5.91 Å². The molecule has 0 fully saturated rings. The molecule has 5 nitrogen and oxygen atoms in total. The number of nitrogens with zero attached hydrogens (tertiary/aromatic N) is 1. The Bertz CT molecular complexity index is 1100. The van der Waals surface area contributed by atoms with Gasteiger partial charge in [-0.25, -0.2) is 4.98 Å². The molecular formula is C25H24N2O3. The highest BCUT2D eigenvalue weighted by Gasteiger charge is 2.09. The van der Waals surface area contributed by atoms with Crippen LogP contribution in [0, 0.1) is 0 Å². The minimum absolute atomic E-state index is 0.164. The number of anilines is 1. The van der Waals surface area contributed by atoms with Crippen LogP contribution in [0.25, 0.3) is 11.1 Å². The van der Waals surface area contributed by atoms with Crippen molar-refractivity contribution >= 4 is 22.7 Å². The van der Waals surface area contributed by atoms with Gasteiger partial charge >= 0.3 is 0 Å². The highest BCUT2D eigenvalue weighted by atomic mass is 16.5. The lowest BCUT2D eigenvalue weighted by atomic mass is 10.1. The Morgan fingerprint density at radius 3 is 2.67 bits per heavy atom. The number of fused-ring (bicyclic) bond motifs is 1. The van der Waals surface area contributed by atoms with Crippen LogP contribution in [0.1, 0.15) is 41.6 Å². The van der Waals surface area contributed by atoms with Crippen LogP contribution < -0.4 is 10.1 Å².